The standard InChI is InChI=1S/C9H9N3O/c1-5-6-2-3-8(10)7(4-13)9(6)12-11-5/h2-4H,10H2,1H3,(H,11,12). The molecule has 2 aromatic rings. The number of aromatic nitrogens is 2. The van der Waals surface area contributed by atoms with Gasteiger partial charge in [-0.2, -0.15) is 5.10 Å². The lowest BCUT2D eigenvalue weighted by molar-refractivity contribution is 0.112. The highest BCUT2D eigenvalue weighted by molar-refractivity contribution is 6.01. The first-order valence-corrected chi connectivity index (χ1v) is 3.92. The molecule has 0 aliphatic carbocycles. The van der Waals surface area contributed by atoms with Gasteiger partial charge in [0.05, 0.1) is 5.56 Å². The molecule has 1 aromatic heterocycles. The fourth-order valence-electron chi connectivity index (χ4n) is 1.37. The van der Waals surface area contributed by atoms with Gasteiger partial charge >= 0.3 is 0 Å². The predicted molar refractivity (Wildman–Crippen MR) is 50.6 cm³/mol. The summed E-state index contributed by atoms with van der Waals surface area (Å²) in [6, 6.07) is 3.57. The Labute approximate surface area is 74.7 Å². The lowest BCUT2D eigenvalue weighted by Gasteiger charge is -1.97. The number of H-pyrrole nitrogens is 1. The Hall–Kier alpha value is -1.84. The second-order valence-electron chi connectivity index (χ2n) is 2.93. The number of rotatable bonds is 1. The van der Waals surface area contributed by atoms with Gasteiger partial charge in [-0.3, -0.25) is 9.89 Å². The van der Waals surface area contributed by atoms with Crippen LogP contribution in [0, 0.1) is 6.92 Å². The lowest BCUT2D eigenvalue weighted by Crippen LogP contribution is -1.93. The monoisotopic (exact) mass is 175 g/mol. The number of nitrogens with one attached hydrogen (secondary N) is 1. The molecule has 0 bridgehead atoms. The number of nitrogen functional groups attached to an aromatic ring is 1. The van der Waals surface area contributed by atoms with Gasteiger partial charge in [0.15, 0.2) is 6.29 Å². The summed E-state index contributed by atoms with van der Waals surface area (Å²) in [5, 5.41) is 7.77. The van der Waals surface area contributed by atoms with Gasteiger partial charge < -0.3 is 5.73 Å². The van der Waals surface area contributed by atoms with E-state index in [1.165, 1.54) is 0 Å². The molecule has 3 N–H and O–H groups in total. The maximum Gasteiger partial charge on any atom is 0.154 e. The molecule has 0 aliphatic heterocycles. The highest BCUT2D eigenvalue weighted by atomic mass is 16.1. The number of nitrogens with zero attached hydrogens (tertiary/aromatic N) is 1. The molecule has 0 unspecified atom stereocenters. The van der Waals surface area contributed by atoms with Gasteiger partial charge in [-0.1, -0.05) is 0 Å². The molecule has 66 valence electrons. The zero-order valence-electron chi connectivity index (χ0n) is 7.16. The first-order chi connectivity index (χ1) is 6.24. The average molecular weight is 175 g/mol. The number of aryl methyl sites for hydroxylation is 1. The molecule has 0 saturated heterocycles. The Balaban J connectivity index is 2.92. The van der Waals surface area contributed by atoms with Crippen LogP contribution in [0.15, 0.2) is 12.1 Å². The van der Waals surface area contributed by atoms with Crippen molar-refractivity contribution in [2.24, 2.45) is 0 Å². The SMILES string of the molecule is Cc1[nH]nc2c(C=O)c(N)ccc12. The van der Waals surface area contributed by atoms with E-state index < -0.39 is 0 Å². The number of nitrogens with two attached hydrogens (primary N) is 1. The molecule has 1 heterocycles. The van der Waals surface area contributed by atoms with Crippen molar-refractivity contribution in [3.8, 4) is 0 Å². The van der Waals surface area contributed by atoms with Crippen molar-refractivity contribution in [2.75, 3.05) is 5.73 Å². The number of carbonyl (C=O) groups excluding carboxylic acids is 1. The number of aldehydes is 1. The fraction of sp³-hybridized carbons (Fsp3) is 0.111. The number of fused-ring (bicyclic) bond motifs is 1. The van der Waals surface area contributed by atoms with E-state index in [1.807, 2.05) is 13.0 Å². The summed E-state index contributed by atoms with van der Waals surface area (Å²) < 4.78 is 0. The van der Waals surface area contributed by atoms with Crippen molar-refractivity contribution in [1.29, 1.82) is 0 Å². The summed E-state index contributed by atoms with van der Waals surface area (Å²) in [4.78, 5) is 10.7. The van der Waals surface area contributed by atoms with E-state index in [-0.39, 0.29) is 0 Å². The molecule has 0 fully saturated rings. The van der Waals surface area contributed by atoms with Crippen LogP contribution >= 0.6 is 0 Å². The molecular weight excluding hydrogens is 166 g/mol. The number of anilines is 1. The van der Waals surface area contributed by atoms with Crippen LogP contribution in [0.25, 0.3) is 10.9 Å². The molecule has 0 amide bonds. The Morgan fingerprint density at radius 1 is 1.54 bits per heavy atom. The third kappa shape index (κ3) is 0.989. The molecule has 1 aromatic carbocycles. The van der Waals surface area contributed by atoms with Gasteiger partial charge in [0.1, 0.15) is 5.52 Å². The van der Waals surface area contributed by atoms with Crippen LogP contribution in [0.4, 0.5) is 5.69 Å². The summed E-state index contributed by atoms with van der Waals surface area (Å²) in [5.74, 6) is 0. The zero-order chi connectivity index (χ0) is 9.42. The van der Waals surface area contributed by atoms with Gasteiger partial charge in [0.25, 0.3) is 0 Å². The van der Waals surface area contributed by atoms with Crippen molar-refractivity contribution in [3.05, 3.63) is 23.4 Å². The number of hydrogen-bond acceptors (Lipinski definition) is 3. The van der Waals surface area contributed by atoms with E-state index in [2.05, 4.69) is 10.2 Å². The quantitative estimate of drug-likeness (QED) is 0.506. The Bertz CT molecular complexity index is 473. The molecule has 0 radical (unpaired) electrons. The van der Waals surface area contributed by atoms with E-state index in [9.17, 15) is 4.79 Å². The Kier molecular flexibility index (Phi) is 1.55. The minimum Gasteiger partial charge on any atom is -0.398 e. The van der Waals surface area contributed by atoms with Crippen LogP contribution in [-0.4, -0.2) is 16.5 Å². The Morgan fingerprint density at radius 2 is 2.31 bits per heavy atom. The molecule has 0 spiro atoms. The third-order valence-electron chi connectivity index (χ3n) is 2.11. The van der Waals surface area contributed by atoms with Crippen LogP contribution in [0.3, 0.4) is 0 Å². The Morgan fingerprint density at radius 3 is 3.00 bits per heavy atom. The number of aromatic amines is 1. The van der Waals surface area contributed by atoms with E-state index in [4.69, 9.17) is 5.73 Å². The van der Waals surface area contributed by atoms with Crippen LogP contribution in [0.2, 0.25) is 0 Å². The fourth-order valence-corrected chi connectivity index (χ4v) is 1.37. The molecule has 4 heteroatoms. The topological polar surface area (TPSA) is 71.8 Å². The summed E-state index contributed by atoms with van der Waals surface area (Å²) in [5.41, 5.74) is 8.14. The van der Waals surface area contributed by atoms with Gasteiger partial charge in [0.2, 0.25) is 0 Å². The van der Waals surface area contributed by atoms with Crippen LogP contribution in [-0.2, 0) is 0 Å². The molecule has 0 atom stereocenters. The summed E-state index contributed by atoms with van der Waals surface area (Å²) in [6.45, 7) is 1.90. The molecule has 2 rings (SSSR count). The van der Waals surface area contributed by atoms with Crippen LogP contribution in [0.1, 0.15) is 16.1 Å². The second-order valence-corrected chi connectivity index (χ2v) is 2.93. The number of hydrogen-bond donors (Lipinski definition) is 2. The summed E-state index contributed by atoms with van der Waals surface area (Å²) >= 11 is 0. The van der Waals surface area contributed by atoms with Crippen LogP contribution < -0.4 is 5.73 Å². The summed E-state index contributed by atoms with van der Waals surface area (Å²) in [7, 11) is 0. The van der Waals surface area contributed by atoms with Crippen molar-refractivity contribution < 1.29 is 4.79 Å². The second kappa shape index (κ2) is 2.58. The molecule has 13 heavy (non-hydrogen) atoms. The predicted octanol–water partition coefficient (Wildman–Crippen LogP) is 1.27. The molecule has 4 nitrogen and oxygen atoms in total. The zero-order valence-corrected chi connectivity index (χ0v) is 7.16. The molecule has 0 saturated carbocycles. The van der Waals surface area contributed by atoms with Crippen molar-refractivity contribution in [2.45, 2.75) is 6.92 Å². The largest absolute Gasteiger partial charge is 0.398 e. The normalized spacial score (nSPS) is 10.5. The lowest BCUT2D eigenvalue weighted by atomic mass is 10.1. The maximum absolute atomic E-state index is 10.7. The highest BCUT2D eigenvalue weighted by Crippen LogP contribution is 2.22. The number of benzene rings is 1. The maximum atomic E-state index is 10.7. The molecule has 0 aliphatic rings. The van der Waals surface area contributed by atoms with Crippen molar-refractivity contribution in [3.63, 3.8) is 0 Å². The van der Waals surface area contributed by atoms with Crippen molar-refractivity contribution in [1.82, 2.24) is 10.2 Å². The first kappa shape index (κ1) is 7.79. The molecular formula is C9H9N3O. The van der Waals surface area contributed by atoms with E-state index in [0.717, 1.165) is 17.4 Å². The van der Waals surface area contributed by atoms with E-state index >= 15 is 0 Å². The summed E-state index contributed by atoms with van der Waals surface area (Å²) in [6.07, 6.45) is 0.734. The van der Waals surface area contributed by atoms with Crippen molar-refractivity contribution >= 4 is 22.9 Å². The third-order valence-corrected chi connectivity index (χ3v) is 2.11. The van der Waals surface area contributed by atoms with Gasteiger partial charge in [-0.05, 0) is 19.1 Å². The minimum absolute atomic E-state index is 0.460. The van der Waals surface area contributed by atoms with Gasteiger partial charge in [0, 0.05) is 16.8 Å². The van der Waals surface area contributed by atoms with E-state index in [1.54, 1.807) is 6.07 Å². The average Bonchev–Trinajstić information content (AvgIpc) is 2.48. The van der Waals surface area contributed by atoms with Crippen LogP contribution in [0.5, 0.6) is 0 Å². The van der Waals surface area contributed by atoms with E-state index in [0.29, 0.717) is 16.8 Å². The van der Waals surface area contributed by atoms with Gasteiger partial charge in [-0.15, -0.1) is 0 Å². The smallest absolute Gasteiger partial charge is 0.154 e. The highest BCUT2D eigenvalue weighted by Gasteiger charge is 2.08. The number of carbonyl (C=O) groups is 1. The minimum atomic E-state index is 0.460. The van der Waals surface area contributed by atoms with Gasteiger partial charge in [-0.25, -0.2) is 0 Å². The first-order valence-electron chi connectivity index (χ1n) is 3.92.